The molecule has 194 valence electrons. The van der Waals surface area contributed by atoms with Gasteiger partial charge in [-0.2, -0.15) is 0 Å². The summed E-state index contributed by atoms with van der Waals surface area (Å²) in [6, 6.07) is 3.54. The first-order valence-electron chi connectivity index (χ1n) is 12.3. The Kier molecular flexibility index (Phi) is 7.52. The van der Waals surface area contributed by atoms with Crippen LogP contribution in [0.3, 0.4) is 0 Å². The lowest BCUT2D eigenvalue weighted by atomic mass is 9.87. The van der Waals surface area contributed by atoms with Crippen LogP contribution in [0.2, 0.25) is 5.02 Å². The molecule has 0 radical (unpaired) electrons. The molecule has 2 aromatic rings. The molecule has 1 aliphatic heterocycles. The van der Waals surface area contributed by atoms with Crippen molar-refractivity contribution in [1.29, 1.82) is 0 Å². The van der Waals surface area contributed by atoms with Crippen molar-refractivity contribution in [1.82, 2.24) is 9.55 Å². The van der Waals surface area contributed by atoms with Crippen LogP contribution >= 0.6 is 23.4 Å². The summed E-state index contributed by atoms with van der Waals surface area (Å²) in [5.74, 6) is 1.87. The predicted molar refractivity (Wildman–Crippen MR) is 133 cm³/mol. The Hall–Kier alpha value is -2.59. The van der Waals surface area contributed by atoms with Gasteiger partial charge in [-0.25, -0.2) is 9.78 Å². The lowest BCUT2D eigenvalue weighted by Gasteiger charge is -2.26. The number of carboxylic acid groups (broad SMARTS) is 2. The molecule has 0 atom stereocenters. The molecule has 2 heterocycles. The molecule has 1 aromatic heterocycles. The molecule has 2 N–H and O–H groups in total. The van der Waals surface area contributed by atoms with E-state index in [2.05, 4.69) is 0 Å². The molecule has 1 aromatic carbocycles. The lowest BCUT2D eigenvalue weighted by molar-refractivity contribution is -0.138. The highest BCUT2D eigenvalue weighted by Crippen LogP contribution is 2.45. The fraction of sp³-hybridized carbons (Fsp3) is 0.560. The van der Waals surface area contributed by atoms with E-state index >= 15 is 0 Å². The Morgan fingerprint density at radius 2 is 1.78 bits per heavy atom. The summed E-state index contributed by atoms with van der Waals surface area (Å²) in [5, 5.41) is 20.0. The zero-order valence-corrected chi connectivity index (χ0v) is 21.4. The predicted octanol–water partition coefficient (Wildman–Crippen LogP) is 6.15. The molecule has 0 saturated heterocycles. The minimum atomic E-state index is -1.39. The van der Waals surface area contributed by atoms with Gasteiger partial charge in [0.05, 0.1) is 6.54 Å². The molecule has 0 amide bonds. The number of fused-ring (bicyclic) bond motifs is 1. The van der Waals surface area contributed by atoms with Crippen LogP contribution in [-0.2, 0) is 11.3 Å². The highest BCUT2D eigenvalue weighted by atomic mass is 35.5. The summed E-state index contributed by atoms with van der Waals surface area (Å²) in [5.41, 5.74) is 0.763. The summed E-state index contributed by atoms with van der Waals surface area (Å²) < 4.78 is 18.2. The van der Waals surface area contributed by atoms with Crippen molar-refractivity contribution >= 4 is 35.5 Å². The van der Waals surface area contributed by atoms with E-state index in [0.717, 1.165) is 62.8 Å². The van der Waals surface area contributed by atoms with E-state index in [-0.39, 0.29) is 36.2 Å². The van der Waals surface area contributed by atoms with Crippen molar-refractivity contribution in [2.75, 3.05) is 6.79 Å². The molecule has 2 fully saturated rings. The fourth-order valence-electron chi connectivity index (χ4n) is 5.45. The molecule has 9 nitrogen and oxygen atoms in total. The van der Waals surface area contributed by atoms with Gasteiger partial charge in [-0.3, -0.25) is 9.36 Å². The van der Waals surface area contributed by atoms with E-state index < -0.39 is 12.1 Å². The molecule has 36 heavy (non-hydrogen) atoms. The molecular formula is C25H29ClN2O7S. The number of aliphatic carboxylic acids is 1. The summed E-state index contributed by atoms with van der Waals surface area (Å²) in [6.07, 6.45) is 6.37. The normalized spacial score (nSPS) is 21.6. The Morgan fingerprint density at radius 1 is 1.08 bits per heavy atom. The number of rotatable bonds is 8. The van der Waals surface area contributed by atoms with Crippen LogP contribution in [0.1, 0.15) is 75.1 Å². The first-order valence-corrected chi connectivity index (χ1v) is 13.6. The van der Waals surface area contributed by atoms with Crippen molar-refractivity contribution in [3.8, 4) is 17.4 Å². The van der Waals surface area contributed by atoms with Crippen molar-refractivity contribution in [2.24, 2.45) is 5.92 Å². The number of thioether (sulfide) groups is 1. The van der Waals surface area contributed by atoms with Crippen LogP contribution in [0.25, 0.3) is 0 Å². The monoisotopic (exact) mass is 536 g/mol. The molecule has 0 unspecified atom stereocenters. The third-order valence-electron chi connectivity index (χ3n) is 7.23. The molecule has 0 spiro atoms. The molecule has 0 bridgehead atoms. The number of carboxylic acids is 1. The number of imidazole rings is 1. The van der Waals surface area contributed by atoms with Gasteiger partial charge < -0.3 is 24.4 Å². The van der Waals surface area contributed by atoms with E-state index in [4.69, 9.17) is 35.9 Å². The minimum Gasteiger partial charge on any atom is -0.481 e. The number of benzene rings is 1. The number of carbonyl (C=O) groups is 2. The molecule has 11 heteroatoms. The van der Waals surface area contributed by atoms with Crippen LogP contribution in [0.4, 0.5) is 4.79 Å². The maximum absolute atomic E-state index is 11.7. The molecule has 2 aliphatic carbocycles. The van der Waals surface area contributed by atoms with Crippen LogP contribution in [0.15, 0.2) is 17.2 Å². The van der Waals surface area contributed by atoms with Crippen molar-refractivity contribution in [3.63, 3.8) is 0 Å². The van der Waals surface area contributed by atoms with E-state index in [9.17, 15) is 14.7 Å². The van der Waals surface area contributed by atoms with E-state index in [1.165, 1.54) is 11.8 Å². The smallest absolute Gasteiger partial charge is 0.481 e. The second-order valence-electron chi connectivity index (χ2n) is 9.67. The molecule has 3 aliphatic rings. The third kappa shape index (κ3) is 5.54. The minimum absolute atomic E-state index is 0.135. The van der Waals surface area contributed by atoms with E-state index in [0.29, 0.717) is 28.1 Å². The van der Waals surface area contributed by atoms with Gasteiger partial charge in [0.2, 0.25) is 12.7 Å². The van der Waals surface area contributed by atoms with Crippen LogP contribution in [0, 0.1) is 5.92 Å². The first-order chi connectivity index (χ1) is 17.4. The highest BCUT2D eigenvalue weighted by molar-refractivity contribution is 8.00. The maximum Gasteiger partial charge on any atom is 0.512 e. The zero-order chi connectivity index (χ0) is 25.2. The van der Waals surface area contributed by atoms with Gasteiger partial charge in [0.25, 0.3) is 0 Å². The summed E-state index contributed by atoms with van der Waals surface area (Å²) in [6.45, 7) is 0.430. The van der Waals surface area contributed by atoms with Gasteiger partial charge in [0.1, 0.15) is 5.82 Å². The quantitative estimate of drug-likeness (QED) is 0.382. The number of hydrogen-bond donors (Lipinski definition) is 2. The second-order valence-corrected chi connectivity index (χ2v) is 11.4. The molecular weight excluding hydrogens is 508 g/mol. The van der Waals surface area contributed by atoms with Crippen molar-refractivity contribution < 1.29 is 34.0 Å². The average molecular weight is 537 g/mol. The Labute approximate surface area is 218 Å². The van der Waals surface area contributed by atoms with E-state index in [1.807, 2.05) is 10.6 Å². The Morgan fingerprint density at radius 3 is 2.44 bits per heavy atom. The molecule has 5 rings (SSSR count). The third-order valence-corrected chi connectivity index (χ3v) is 8.88. The maximum atomic E-state index is 11.7. The van der Waals surface area contributed by atoms with Gasteiger partial charge in [0, 0.05) is 28.7 Å². The van der Waals surface area contributed by atoms with Crippen LogP contribution in [-0.4, -0.2) is 43.9 Å². The Bertz CT molecular complexity index is 1140. The number of aromatic nitrogens is 2. The standard InChI is InChI=1S/C25H29ClN2O7S/c26-18-11-20-19(33-13-34-20)10-16(18)12-28-22(15-3-1-2-4-15)27-23(24(28)35-25(31)32)36-17-7-5-14(6-8-17)9-21(29)30/h10-11,14-15,17H,1-9,12-13H2,(H,29,30)(H,31,32). The number of hydrogen-bond acceptors (Lipinski definition) is 7. The second kappa shape index (κ2) is 10.8. The largest absolute Gasteiger partial charge is 0.512 e. The van der Waals surface area contributed by atoms with Gasteiger partial charge in [-0.15, -0.1) is 0 Å². The van der Waals surface area contributed by atoms with Crippen molar-refractivity contribution in [3.05, 3.63) is 28.5 Å². The van der Waals surface area contributed by atoms with Crippen molar-refractivity contribution in [2.45, 2.75) is 80.5 Å². The number of halogens is 1. The summed E-state index contributed by atoms with van der Waals surface area (Å²) in [7, 11) is 0. The van der Waals surface area contributed by atoms with E-state index in [1.54, 1.807) is 6.07 Å². The van der Waals surface area contributed by atoms with Gasteiger partial charge in [-0.05, 0) is 56.1 Å². The average Bonchev–Trinajstić information content (AvgIpc) is 3.57. The SMILES string of the molecule is O=C(O)CC1CCC(Sc2nc(C3CCCC3)n(Cc3cc4c(cc3Cl)OCO4)c2OC(=O)O)CC1. The van der Waals surface area contributed by atoms with Crippen LogP contribution < -0.4 is 14.2 Å². The lowest BCUT2D eigenvalue weighted by Crippen LogP contribution is -2.19. The fourth-order valence-corrected chi connectivity index (χ4v) is 6.88. The van der Waals surface area contributed by atoms with Gasteiger partial charge >= 0.3 is 12.1 Å². The summed E-state index contributed by atoms with van der Waals surface area (Å²) in [4.78, 5) is 27.7. The Balaban J connectivity index is 1.45. The van der Waals surface area contributed by atoms with Gasteiger partial charge in [0.15, 0.2) is 16.5 Å². The first kappa shape index (κ1) is 25.1. The topological polar surface area (TPSA) is 120 Å². The zero-order valence-electron chi connectivity index (χ0n) is 19.8. The van der Waals surface area contributed by atoms with Gasteiger partial charge in [-0.1, -0.05) is 36.2 Å². The number of ether oxygens (including phenoxy) is 3. The highest BCUT2D eigenvalue weighted by Gasteiger charge is 2.32. The molecule has 2 saturated carbocycles. The number of nitrogens with zero attached hydrogens (tertiary/aromatic N) is 2. The van der Waals surface area contributed by atoms with Crippen LogP contribution in [0.5, 0.6) is 17.4 Å². The summed E-state index contributed by atoms with van der Waals surface area (Å²) >= 11 is 8.10.